The molecule has 0 atom stereocenters. The summed E-state index contributed by atoms with van der Waals surface area (Å²) in [5.41, 5.74) is 7.43. The highest BCUT2D eigenvalue weighted by molar-refractivity contribution is 6.02. The number of amides is 1. The van der Waals surface area contributed by atoms with Crippen molar-refractivity contribution in [3.8, 4) is 0 Å². The quantitative estimate of drug-likeness (QED) is 0.742. The van der Waals surface area contributed by atoms with E-state index in [4.69, 9.17) is 5.73 Å². The fourth-order valence-electron chi connectivity index (χ4n) is 1.34. The minimum atomic E-state index is -0.190. The summed E-state index contributed by atoms with van der Waals surface area (Å²) >= 11 is 0. The molecule has 0 unspecified atom stereocenters. The number of hydrogen-bond donors (Lipinski definition) is 2. The molecule has 1 amide bonds. The van der Waals surface area contributed by atoms with Gasteiger partial charge in [-0.2, -0.15) is 0 Å². The number of carbonyl (C=O) groups is 1. The summed E-state index contributed by atoms with van der Waals surface area (Å²) in [6.45, 7) is 0. The van der Waals surface area contributed by atoms with Gasteiger partial charge in [0.05, 0.1) is 12.5 Å². The van der Waals surface area contributed by atoms with Gasteiger partial charge >= 0.3 is 0 Å². The van der Waals surface area contributed by atoms with E-state index in [1.807, 2.05) is 0 Å². The van der Waals surface area contributed by atoms with E-state index in [9.17, 15) is 4.79 Å². The normalized spacial score (nSPS) is 10.1. The Morgan fingerprint density at radius 2 is 2.06 bits per heavy atom. The SMILES string of the molecule is Cn1cncc1C(=O)Nc1ccc(N)cc1. The molecule has 1 aromatic carbocycles. The number of aryl methyl sites for hydroxylation is 1. The van der Waals surface area contributed by atoms with Crippen LogP contribution in [0.5, 0.6) is 0 Å². The van der Waals surface area contributed by atoms with Crippen LogP contribution in [0.25, 0.3) is 0 Å². The molecule has 82 valence electrons. The third-order valence-corrected chi connectivity index (χ3v) is 2.22. The van der Waals surface area contributed by atoms with Crippen LogP contribution in [0.1, 0.15) is 10.5 Å². The first-order valence-corrected chi connectivity index (χ1v) is 4.80. The number of hydrogen-bond acceptors (Lipinski definition) is 3. The predicted molar refractivity (Wildman–Crippen MR) is 62.0 cm³/mol. The molecule has 0 saturated carbocycles. The number of nitrogens with zero attached hydrogens (tertiary/aromatic N) is 2. The number of nitrogens with two attached hydrogens (primary N) is 1. The van der Waals surface area contributed by atoms with Crippen LogP contribution < -0.4 is 11.1 Å². The predicted octanol–water partition coefficient (Wildman–Crippen LogP) is 1.25. The van der Waals surface area contributed by atoms with Crippen molar-refractivity contribution in [1.29, 1.82) is 0 Å². The van der Waals surface area contributed by atoms with E-state index in [2.05, 4.69) is 10.3 Å². The van der Waals surface area contributed by atoms with Crippen molar-refractivity contribution in [2.24, 2.45) is 7.05 Å². The number of anilines is 2. The summed E-state index contributed by atoms with van der Waals surface area (Å²) in [6, 6.07) is 6.98. The number of aromatic nitrogens is 2. The maximum Gasteiger partial charge on any atom is 0.273 e. The lowest BCUT2D eigenvalue weighted by Gasteiger charge is -2.05. The molecular weight excluding hydrogens is 204 g/mol. The molecule has 0 saturated heterocycles. The van der Waals surface area contributed by atoms with Crippen molar-refractivity contribution < 1.29 is 4.79 Å². The molecule has 0 aliphatic carbocycles. The minimum Gasteiger partial charge on any atom is -0.399 e. The third-order valence-electron chi connectivity index (χ3n) is 2.22. The number of benzene rings is 1. The van der Waals surface area contributed by atoms with Gasteiger partial charge in [0.15, 0.2) is 0 Å². The van der Waals surface area contributed by atoms with Gasteiger partial charge < -0.3 is 15.6 Å². The third kappa shape index (κ3) is 2.03. The lowest BCUT2D eigenvalue weighted by molar-refractivity contribution is 0.101. The Morgan fingerprint density at radius 3 is 2.62 bits per heavy atom. The number of nitrogen functional groups attached to an aromatic ring is 1. The van der Waals surface area contributed by atoms with Crippen LogP contribution in [0.15, 0.2) is 36.8 Å². The molecule has 0 aliphatic rings. The van der Waals surface area contributed by atoms with Gasteiger partial charge in [0.25, 0.3) is 5.91 Å². The van der Waals surface area contributed by atoms with Gasteiger partial charge in [0, 0.05) is 18.4 Å². The lowest BCUT2D eigenvalue weighted by Crippen LogP contribution is -2.15. The van der Waals surface area contributed by atoms with Crippen molar-refractivity contribution >= 4 is 17.3 Å². The number of nitrogens with one attached hydrogen (secondary N) is 1. The van der Waals surface area contributed by atoms with Gasteiger partial charge in [-0.3, -0.25) is 4.79 Å². The maximum atomic E-state index is 11.8. The maximum absolute atomic E-state index is 11.8. The standard InChI is InChI=1S/C11H12N4O/c1-15-7-13-6-10(15)11(16)14-9-4-2-8(12)3-5-9/h2-7H,12H2,1H3,(H,14,16). The van der Waals surface area contributed by atoms with Gasteiger partial charge in [0.1, 0.15) is 5.69 Å². The summed E-state index contributed by atoms with van der Waals surface area (Å²) in [7, 11) is 1.77. The molecule has 0 fully saturated rings. The van der Waals surface area contributed by atoms with E-state index < -0.39 is 0 Å². The molecule has 5 nitrogen and oxygen atoms in total. The van der Waals surface area contributed by atoms with Crippen molar-refractivity contribution in [2.75, 3.05) is 11.1 Å². The number of rotatable bonds is 2. The molecule has 0 bridgehead atoms. The fraction of sp³-hybridized carbons (Fsp3) is 0.0909. The Bertz CT molecular complexity index is 501. The average molecular weight is 216 g/mol. The van der Waals surface area contributed by atoms with Gasteiger partial charge in [0.2, 0.25) is 0 Å². The number of carbonyl (C=O) groups excluding carboxylic acids is 1. The first kappa shape index (κ1) is 10.2. The van der Waals surface area contributed by atoms with Gasteiger partial charge in [-0.15, -0.1) is 0 Å². The topological polar surface area (TPSA) is 72.9 Å². The molecule has 0 spiro atoms. The van der Waals surface area contributed by atoms with Crippen LogP contribution in [-0.2, 0) is 7.05 Å². The monoisotopic (exact) mass is 216 g/mol. The van der Waals surface area contributed by atoms with E-state index in [1.165, 1.54) is 6.20 Å². The number of imidazole rings is 1. The second-order valence-electron chi connectivity index (χ2n) is 3.47. The van der Waals surface area contributed by atoms with Crippen LogP contribution in [0.3, 0.4) is 0 Å². The molecular formula is C11H12N4O. The molecule has 0 aliphatic heterocycles. The van der Waals surface area contributed by atoms with Crippen LogP contribution in [0, 0.1) is 0 Å². The zero-order valence-corrected chi connectivity index (χ0v) is 8.84. The van der Waals surface area contributed by atoms with Crippen LogP contribution in [0.2, 0.25) is 0 Å². The van der Waals surface area contributed by atoms with Crippen LogP contribution in [-0.4, -0.2) is 15.5 Å². The average Bonchev–Trinajstić information content (AvgIpc) is 2.68. The Balaban J connectivity index is 2.14. The van der Waals surface area contributed by atoms with E-state index in [0.29, 0.717) is 17.1 Å². The van der Waals surface area contributed by atoms with Gasteiger partial charge in [-0.1, -0.05) is 0 Å². The first-order valence-electron chi connectivity index (χ1n) is 4.80. The molecule has 3 N–H and O–H groups in total. The molecule has 2 aromatic rings. The van der Waals surface area contributed by atoms with Crippen LogP contribution in [0.4, 0.5) is 11.4 Å². The highest BCUT2D eigenvalue weighted by atomic mass is 16.1. The molecule has 2 rings (SSSR count). The van der Waals surface area contributed by atoms with Crippen LogP contribution >= 0.6 is 0 Å². The van der Waals surface area contributed by atoms with Gasteiger partial charge in [-0.25, -0.2) is 4.98 Å². The Morgan fingerprint density at radius 1 is 1.38 bits per heavy atom. The smallest absolute Gasteiger partial charge is 0.273 e. The van der Waals surface area contributed by atoms with Crippen molar-refractivity contribution in [3.05, 3.63) is 42.5 Å². The molecule has 5 heteroatoms. The van der Waals surface area contributed by atoms with E-state index >= 15 is 0 Å². The lowest BCUT2D eigenvalue weighted by atomic mass is 10.3. The van der Waals surface area contributed by atoms with E-state index in [0.717, 1.165) is 0 Å². The molecule has 16 heavy (non-hydrogen) atoms. The fourth-order valence-corrected chi connectivity index (χ4v) is 1.34. The Labute approximate surface area is 92.9 Å². The zero-order chi connectivity index (χ0) is 11.5. The molecule has 1 aromatic heterocycles. The summed E-state index contributed by atoms with van der Waals surface area (Å²) in [4.78, 5) is 15.7. The minimum absolute atomic E-state index is 0.190. The summed E-state index contributed by atoms with van der Waals surface area (Å²) in [5.74, 6) is -0.190. The van der Waals surface area contributed by atoms with Crippen molar-refractivity contribution in [1.82, 2.24) is 9.55 Å². The highest BCUT2D eigenvalue weighted by Crippen LogP contribution is 2.11. The largest absolute Gasteiger partial charge is 0.399 e. The summed E-state index contributed by atoms with van der Waals surface area (Å²) in [5, 5.41) is 2.76. The highest BCUT2D eigenvalue weighted by Gasteiger charge is 2.09. The Kier molecular flexibility index (Phi) is 2.59. The second-order valence-corrected chi connectivity index (χ2v) is 3.47. The summed E-state index contributed by atoms with van der Waals surface area (Å²) in [6.07, 6.45) is 3.10. The van der Waals surface area contributed by atoms with Crippen molar-refractivity contribution in [3.63, 3.8) is 0 Å². The zero-order valence-electron chi connectivity index (χ0n) is 8.84. The van der Waals surface area contributed by atoms with E-state index in [1.54, 1.807) is 42.2 Å². The van der Waals surface area contributed by atoms with Crippen molar-refractivity contribution in [2.45, 2.75) is 0 Å². The second kappa shape index (κ2) is 4.06. The Hall–Kier alpha value is -2.30. The first-order chi connectivity index (χ1) is 7.66. The van der Waals surface area contributed by atoms with Gasteiger partial charge in [-0.05, 0) is 24.3 Å². The van der Waals surface area contributed by atoms with E-state index in [-0.39, 0.29) is 5.91 Å². The summed E-state index contributed by atoms with van der Waals surface area (Å²) < 4.78 is 1.66. The molecule has 0 radical (unpaired) electrons. The molecule has 1 heterocycles.